The van der Waals surface area contributed by atoms with Crippen LogP contribution in [0.3, 0.4) is 0 Å². The first-order chi connectivity index (χ1) is 10.3. The maximum absolute atomic E-state index is 9.81. The molecule has 22 heavy (non-hydrogen) atoms. The molecule has 0 aliphatic carbocycles. The second-order valence-electron chi connectivity index (χ2n) is 6.61. The van der Waals surface area contributed by atoms with Gasteiger partial charge in [-0.2, -0.15) is 0 Å². The van der Waals surface area contributed by atoms with Gasteiger partial charge in [0.25, 0.3) is 0 Å². The summed E-state index contributed by atoms with van der Waals surface area (Å²) in [6, 6.07) is 0. The molecule has 1 heterocycles. The Hall–Kier alpha value is 0.170. The van der Waals surface area contributed by atoms with Crippen molar-refractivity contribution in [1.82, 2.24) is 10.2 Å². The first-order valence-electron chi connectivity index (χ1n) is 9.47. The molecule has 0 aromatic heterocycles. The van der Waals surface area contributed by atoms with Crippen LogP contribution in [0.15, 0.2) is 0 Å². The van der Waals surface area contributed by atoms with Gasteiger partial charge in [-0.05, 0) is 6.42 Å². The van der Waals surface area contributed by atoms with Crippen LogP contribution < -0.4 is 5.32 Å². The van der Waals surface area contributed by atoms with Crippen LogP contribution in [0.2, 0.25) is 0 Å². The topological polar surface area (TPSA) is 35.5 Å². The van der Waals surface area contributed by atoms with Gasteiger partial charge in [0.1, 0.15) is 6.23 Å². The summed E-state index contributed by atoms with van der Waals surface area (Å²) in [6.07, 6.45) is 16.5. The summed E-state index contributed by atoms with van der Waals surface area (Å²) in [6.45, 7) is 6.11. The zero-order chi connectivity index (χ0) is 15.2. The number of aliphatic hydroxyl groups excluding tert-OH is 1. The van der Waals surface area contributed by atoms with Gasteiger partial charge >= 0.3 is 0 Å². The zero-order valence-electron chi connectivity index (χ0n) is 14.7. The van der Waals surface area contributed by atoms with Crippen LogP contribution in [0, 0.1) is 0 Å². The van der Waals surface area contributed by atoms with Crippen molar-refractivity contribution in [3.8, 4) is 0 Å². The molecule has 2 N–H and O–H groups in total. The Balaban J connectivity index is 0.00000441. The van der Waals surface area contributed by atoms with Crippen LogP contribution in [0.25, 0.3) is 0 Å². The maximum atomic E-state index is 9.81. The molecule has 0 saturated carbocycles. The van der Waals surface area contributed by atoms with Crippen LogP contribution in [-0.4, -0.2) is 42.4 Å². The SMILES string of the molecule is CCCCCCCCCCCCCCN1CCNCC1O.Cl. The van der Waals surface area contributed by atoms with Crippen LogP contribution in [0.4, 0.5) is 0 Å². The molecule has 1 rings (SSSR count). The molecule has 1 unspecified atom stereocenters. The lowest BCUT2D eigenvalue weighted by Crippen LogP contribution is -2.51. The number of hydrogen-bond donors (Lipinski definition) is 2. The molecule has 0 aromatic rings. The normalized spacial score (nSPS) is 19.1. The van der Waals surface area contributed by atoms with Crippen LogP contribution >= 0.6 is 12.4 Å². The van der Waals surface area contributed by atoms with E-state index in [2.05, 4.69) is 17.1 Å². The number of halogens is 1. The van der Waals surface area contributed by atoms with Crippen molar-refractivity contribution >= 4 is 12.4 Å². The lowest BCUT2D eigenvalue weighted by Gasteiger charge is -2.32. The molecule has 3 nitrogen and oxygen atoms in total. The van der Waals surface area contributed by atoms with Gasteiger partial charge in [-0.25, -0.2) is 0 Å². The fourth-order valence-electron chi connectivity index (χ4n) is 3.15. The van der Waals surface area contributed by atoms with Crippen molar-refractivity contribution in [2.45, 2.75) is 90.2 Å². The third-order valence-corrected chi connectivity index (χ3v) is 4.62. The number of piperazine rings is 1. The van der Waals surface area contributed by atoms with Crippen molar-refractivity contribution in [1.29, 1.82) is 0 Å². The standard InChI is InChI=1S/C18H38N2O.ClH/c1-2-3-4-5-6-7-8-9-10-11-12-13-15-20-16-14-19-17-18(20)21;/h18-19,21H,2-17H2,1H3;1H. The average Bonchev–Trinajstić information content (AvgIpc) is 2.50. The van der Waals surface area contributed by atoms with Gasteiger partial charge in [0.2, 0.25) is 0 Å². The Bertz CT molecular complexity index is 229. The minimum Gasteiger partial charge on any atom is -0.377 e. The first-order valence-corrected chi connectivity index (χ1v) is 9.47. The number of β-amino-alcohol motifs (C(OH)–C–C–N with tert-alkyl or cyclic N) is 1. The molecule has 0 spiro atoms. The van der Waals surface area contributed by atoms with E-state index in [0.29, 0.717) is 0 Å². The zero-order valence-corrected chi connectivity index (χ0v) is 15.5. The predicted octanol–water partition coefficient (Wildman–Crippen LogP) is 4.33. The van der Waals surface area contributed by atoms with Gasteiger partial charge in [-0.1, -0.05) is 77.6 Å². The largest absolute Gasteiger partial charge is 0.377 e. The van der Waals surface area contributed by atoms with Crippen LogP contribution in [0.5, 0.6) is 0 Å². The summed E-state index contributed by atoms with van der Waals surface area (Å²) in [7, 11) is 0. The van der Waals surface area contributed by atoms with Gasteiger partial charge in [0.05, 0.1) is 0 Å². The smallest absolute Gasteiger partial charge is 0.120 e. The second kappa shape index (κ2) is 16.0. The van der Waals surface area contributed by atoms with E-state index in [-0.39, 0.29) is 18.6 Å². The number of nitrogens with one attached hydrogen (secondary N) is 1. The van der Waals surface area contributed by atoms with E-state index >= 15 is 0 Å². The van der Waals surface area contributed by atoms with Crippen molar-refractivity contribution in [2.24, 2.45) is 0 Å². The number of hydrogen-bond acceptors (Lipinski definition) is 3. The molecule has 0 amide bonds. The van der Waals surface area contributed by atoms with E-state index < -0.39 is 0 Å². The highest BCUT2D eigenvalue weighted by molar-refractivity contribution is 5.85. The lowest BCUT2D eigenvalue weighted by molar-refractivity contribution is -0.0133. The Morgan fingerprint density at radius 2 is 1.36 bits per heavy atom. The van der Waals surface area contributed by atoms with E-state index in [1.54, 1.807) is 0 Å². The van der Waals surface area contributed by atoms with Crippen molar-refractivity contribution in [2.75, 3.05) is 26.2 Å². The highest BCUT2D eigenvalue weighted by atomic mass is 35.5. The van der Waals surface area contributed by atoms with Crippen LogP contribution in [-0.2, 0) is 0 Å². The summed E-state index contributed by atoms with van der Waals surface area (Å²) >= 11 is 0. The highest BCUT2D eigenvalue weighted by Crippen LogP contribution is 2.12. The van der Waals surface area contributed by atoms with Gasteiger partial charge in [0.15, 0.2) is 0 Å². The second-order valence-corrected chi connectivity index (χ2v) is 6.61. The Morgan fingerprint density at radius 1 is 0.864 bits per heavy atom. The summed E-state index contributed by atoms with van der Waals surface area (Å²) in [5, 5.41) is 13.0. The lowest BCUT2D eigenvalue weighted by atomic mass is 10.1. The van der Waals surface area contributed by atoms with E-state index in [1.807, 2.05) is 0 Å². The molecule has 0 radical (unpaired) electrons. The number of nitrogens with zero attached hydrogens (tertiary/aromatic N) is 1. The minimum absolute atomic E-state index is 0. The van der Waals surface area contributed by atoms with Crippen LogP contribution in [0.1, 0.15) is 84.0 Å². The highest BCUT2D eigenvalue weighted by Gasteiger charge is 2.18. The molecule has 1 aliphatic rings. The molecule has 0 bridgehead atoms. The Kier molecular flexibility index (Phi) is 16.2. The van der Waals surface area contributed by atoms with Crippen molar-refractivity contribution < 1.29 is 5.11 Å². The molecule has 1 aliphatic heterocycles. The monoisotopic (exact) mass is 334 g/mol. The maximum Gasteiger partial charge on any atom is 0.120 e. The Morgan fingerprint density at radius 3 is 1.86 bits per heavy atom. The molecule has 1 saturated heterocycles. The average molecular weight is 335 g/mol. The quantitative estimate of drug-likeness (QED) is 0.492. The third kappa shape index (κ3) is 11.7. The molecular weight excluding hydrogens is 296 g/mol. The molecule has 0 aromatic carbocycles. The molecular formula is C18H39ClN2O. The summed E-state index contributed by atoms with van der Waals surface area (Å²) < 4.78 is 0. The summed E-state index contributed by atoms with van der Waals surface area (Å²) in [5.41, 5.74) is 0. The number of unbranched alkanes of at least 4 members (excludes halogenated alkanes) is 11. The van der Waals surface area contributed by atoms with Gasteiger partial charge in [-0.3, -0.25) is 4.90 Å². The van der Waals surface area contributed by atoms with E-state index in [9.17, 15) is 5.11 Å². The first kappa shape index (κ1) is 22.2. The van der Waals surface area contributed by atoms with E-state index in [4.69, 9.17) is 0 Å². The minimum atomic E-state index is -0.258. The molecule has 1 fully saturated rings. The van der Waals surface area contributed by atoms with Crippen molar-refractivity contribution in [3.63, 3.8) is 0 Å². The molecule has 1 atom stereocenters. The van der Waals surface area contributed by atoms with Gasteiger partial charge < -0.3 is 10.4 Å². The summed E-state index contributed by atoms with van der Waals surface area (Å²) in [4.78, 5) is 2.22. The number of aliphatic hydroxyl groups is 1. The van der Waals surface area contributed by atoms with Gasteiger partial charge in [-0.15, -0.1) is 12.4 Å². The van der Waals surface area contributed by atoms with E-state index in [0.717, 1.165) is 26.2 Å². The third-order valence-electron chi connectivity index (χ3n) is 4.62. The molecule has 134 valence electrons. The summed E-state index contributed by atoms with van der Waals surface area (Å²) in [5.74, 6) is 0. The fraction of sp³-hybridized carbons (Fsp3) is 1.00. The van der Waals surface area contributed by atoms with Crippen molar-refractivity contribution in [3.05, 3.63) is 0 Å². The Labute approximate surface area is 144 Å². The predicted molar refractivity (Wildman–Crippen MR) is 98.8 cm³/mol. The fourth-order valence-corrected chi connectivity index (χ4v) is 3.15. The molecule has 4 heteroatoms. The van der Waals surface area contributed by atoms with Gasteiger partial charge in [0, 0.05) is 26.2 Å². The van der Waals surface area contributed by atoms with E-state index in [1.165, 1.54) is 77.0 Å². The number of rotatable bonds is 13.